The number of rotatable bonds is 2. The van der Waals surface area contributed by atoms with Crippen LogP contribution < -0.4 is 10.5 Å². The average molecular weight is 570 g/mol. The standard InChI is InChI=1S/C39H31N3Si/c1-39(2)29-19-11-8-16-25(29)26-22-23-31-33(35(26)39)27-17-9-12-20-30(27)42(31)38-40-36(24-14-6-5-7-15-24)34-28-18-10-13-21-32(28)43(3,4)37(34)41-38/h5-23H,1-4H3. The van der Waals surface area contributed by atoms with Gasteiger partial charge in [-0.25, -0.2) is 9.97 Å². The molecule has 0 fully saturated rings. The Hall–Kier alpha value is -4.80. The van der Waals surface area contributed by atoms with E-state index in [0.29, 0.717) is 0 Å². The summed E-state index contributed by atoms with van der Waals surface area (Å²) in [4.78, 5) is 11.0. The van der Waals surface area contributed by atoms with E-state index in [1.807, 2.05) is 0 Å². The molecule has 9 rings (SSSR count). The normalized spacial score (nSPS) is 15.3. The highest BCUT2D eigenvalue weighted by Gasteiger charge is 2.42. The summed E-state index contributed by atoms with van der Waals surface area (Å²) < 4.78 is 2.32. The quantitative estimate of drug-likeness (QED) is 0.196. The molecule has 43 heavy (non-hydrogen) atoms. The van der Waals surface area contributed by atoms with Crippen molar-refractivity contribution >= 4 is 40.4 Å². The summed E-state index contributed by atoms with van der Waals surface area (Å²) in [5.74, 6) is 0.755. The maximum absolute atomic E-state index is 5.53. The van der Waals surface area contributed by atoms with Crippen molar-refractivity contribution < 1.29 is 0 Å². The lowest BCUT2D eigenvalue weighted by atomic mass is 9.80. The smallest absolute Gasteiger partial charge is 0.235 e. The molecule has 2 aromatic heterocycles. The summed E-state index contributed by atoms with van der Waals surface area (Å²) in [6.45, 7) is 9.60. The van der Waals surface area contributed by atoms with Crippen molar-refractivity contribution in [2.75, 3.05) is 0 Å². The predicted octanol–water partition coefficient (Wildman–Crippen LogP) is 8.35. The van der Waals surface area contributed by atoms with Gasteiger partial charge in [0.1, 0.15) is 8.07 Å². The van der Waals surface area contributed by atoms with E-state index < -0.39 is 8.07 Å². The van der Waals surface area contributed by atoms with E-state index in [4.69, 9.17) is 9.97 Å². The summed E-state index contributed by atoms with van der Waals surface area (Å²) in [5.41, 5.74) is 12.3. The molecule has 0 radical (unpaired) electrons. The van der Waals surface area contributed by atoms with Gasteiger partial charge in [0.05, 0.1) is 16.7 Å². The van der Waals surface area contributed by atoms with Gasteiger partial charge < -0.3 is 0 Å². The zero-order valence-corrected chi connectivity index (χ0v) is 25.8. The highest BCUT2D eigenvalue weighted by Crippen LogP contribution is 2.53. The Balaban J connectivity index is 1.41. The van der Waals surface area contributed by atoms with E-state index in [9.17, 15) is 0 Å². The van der Waals surface area contributed by atoms with Gasteiger partial charge in [-0.05, 0) is 45.1 Å². The summed E-state index contributed by atoms with van der Waals surface area (Å²) in [6, 6.07) is 41.8. The van der Waals surface area contributed by atoms with Gasteiger partial charge in [-0.15, -0.1) is 0 Å². The molecule has 0 saturated carbocycles. The molecule has 5 aromatic carbocycles. The summed E-state index contributed by atoms with van der Waals surface area (Å²) >= 11 is 0. The van der Waals surface area contributed by atoms with Crippen LogP contribution in [0.15, 0.2) is 115 Å². The minimum absolute atomic E-state index is 0.120. The third kappa shape index (κ3) is 3.14. The van der Waals surface area contributed by atoms with Gasteiger partial charge in [0.2, 0.25) is 5.95 Å². The molecule has 206 valence electrons. The lowest BCUT2D eigenvalue weighted by Crippen LogP contribution is -2.51. The van der Waals surface area contributed by atoms with Crippen molar-refractivity contribution in [3.05, 3.63) is 126 Å². The lowest BCUT2D eigenvalue weighted by Gasteiger charge is -2.22. The number of nitrogens with zero attached hydrogens (tertiary/aromatic N) is 3. The van der Waals surface area contributed by atoms with Crippen LogP contribution in [-0.4, -0.2) is 22.6 Å². The second-order valence-corrected chi connectivity index (χ2v) is 17.3. The number of para-hydroxylation sites is 1. The van der Waals surface area contributed by atoms with Gasteiger partial charge in [-0.1, -0.05) is 130 Å². The van der Waals surface area contributed by atoms with Crippen molar-refractivity contribution in [3.63, 3.8) is 0 Å². The first kappa shape index (κ1) is 24.8. The maximum Gasteiger partial charge on any atom is 0.235 e. The molecule has 3 heterocycles. The van der Waals surface area contributed by atoms with Gasteiger partial charge in [0, 0.05) is 32.6 Å². The zero-order chi connectivity index (χ0) is 29.1. The van der Waals surface area contributed by atoms with Crippen molar-refractivity contribution in [3.8, 4) is 39.5 Å². The molecule has 0 saturated heterocycles. The van der Waals surface area contributed by atoms with E-state index in [-0.39, 0.29) is 5.41 Å². The average Bonchev–Trinajstić information content (AvgIpc) is 3.58. The van der Waals surface area contributed by atoms with Crippen LogP contribution in [0.5, 0.6) is 0 Å². The van der Waals surface area contributed by atoms with Gasteiger partial charge >= 0.3 is 0 Å². The van der Waals surface area contributed by atoms with Crippen LogP contribution in [0, 0.1) is 0 Å². The van der Waals surface area contributed by atoms with E-state index in [1.54, 1.807) is 0 Å². The van der Waals surface area contributed by atoms with Crippen LogP contribution >= 0.6 is 0 Å². The van der Waals surface area contributed by atoms with Crippen LogP contribution in [-0.2, 0) is 5.41 Å². The summed E-state index contributed by atoms with van der Waals surface area (Å²) in [6.07, 6.45) is 0. The lowest BCUT2D eigenvalue weighted by molar-refractivity contribution is 0.666. The van der Waals surface area contributed by atoms with Gasteiger partial charge in [-0.3, -0.25) is 4.57 Å². The first-order valence-corrected chi connectivity index (χ1v) is 18.1. The van der Waals surface area contributed by atoms with Crippen molar-refractivity contribution in [2.45, 2.75) is 32.4 Å². The Labute approximate surface area is 252 Å². The zero-order valence-electron chi connectivity index (χ0n) is 24.8. The van der Waals surface area contributed by atoms with Crippen molar-refractivity contribution in [1.82, 2.24) is 14.5 Å². The highest BCUT2D eigenvalue weighted by molar-refractivity contribution is 7.03. The van der Waals surface area contributed by atoms with Crippen LogP contribution in [0.25, 0.3) is 61.3 Å². The molecule has 1 aliphatic heterocycles. The fraction of sp³-hybridized carbons (Fsp3) is 0.128. The highest BCUT2D eigenvalue weighted by atomic mass is 28.3. The number of fused-ring (bicyclic) bond motifs is 10. The van der Waals surface area contributed by atoms with Crippen LogP contribution in [0.3, 0.4) is 0 Å². The molecule has 0 spiro atoms. The van der Waals surface area contributed by atoms with E-state index >= 15 is 0 Å². The minimum Gasteiger partial charge on any atom is -0.278 e. The monoisotopic (exact) mass is 569 g/mol. The molecule has 0 unspecified atom stereocenters. The second kappa shape index (κ2) is 8.39. The van der Waals surface area contributed by atoms with Crippen molar-refractivity contribution in [1.29, 1.82) is 0 Å². The Morgan fingerprint density at radius 2 is 1.33 bits per heavy atom. The third-order valence-electron chi connectivity index (χ3n) is 9.96. The molecule has 0 N–H and O–H groups in total. The topological polar surface area (TPSA) is 30.7 Å². The minimum atomic E-state index is -2.07. The van der Waals surface area contributed by atoms with Gasteiger partial charge in [0.15, 0.2) is 0 Å². The van der Waals surface area contributed by atoms with Crippen molar-refractivity contribution in [2.24, 2.45) is 0 Å². The molecule has 2 aliphatic rings. The van der Waals surface area contributed by atoms with E-state index in [2.05, 4.69) is 147 Å². The number of aromatic nitrogens is 3. The molecule has 0 bridgehead atoms. The molecule has 0 atom stereocenters. The Bertz CT molecular complexity index is 2290. The molecule has 7 aromatic rings. The molecular formula is C39H31N3Si. The molecule has 0 amide bonds. The first-order valence-electron chi connectivity index (χ1n) is 15.1. The molecule has 1 aliphatic carbocycles. The van der Waals surface area contributed by atoms with Gasteiger partial charge in [0.25, 0.3) is 0 Å². The number of benzene rings is 5. The van der Waals surface area contributed by atoms with Crippen LogP contribution in [0.2, 0.25) is 13.1 Å². The maximum atomic E-state index is 5.53. The number of hydrogen-bond acceptors (Lipinski definition) is 2. The van der Waals surface area contributed by atoms with Crippen LogP contribution in [0.4, 0.5) is 0 Å². The Morgan fingerprint density at radius 1 is 0.628 bits per heavy atom. The molecule has 3 nitrogen and oxygen atoms in total. The second-order valence-electron chi connectivity index (χ2n) is 13.0. The predicted molar refractivity (Wildman–Crippen MR) is 182 cm³/mol. The molecular weight excluding hydrogens is 539 g/mol. The SMILES string of the molecule is CC1(C)c2ccccc2-c2ccc3c(c21)c1ccccc1n3-c1nc(-c2ccccc2)c2c(n1)[Si](C)(C)c1ccccc1-2. The van der Waals surface area contributed by atoms with Gasteiger partial charge in [-0.2, -0.15) is 0 Å². The van der Waals surface area contributed by atoms with E-state index in [1.165, 1.54) is 54.7 Å². The first-order chi connectivity index (χ1) is 20.9. The van der Waals surface area contributed by atoms with Crippen LogP contribution in [0.1, 0.15) is 25.0 Å². The Kier molecular flexibility index (Phi) is 4.83. The fourth-order valence-corrected chi connectivity index (χ4v) is 10.9. The third-order valence-corrected chi connectivity index (χ3v) is 13.3. The fourth-order valence-electron chi connectivity index (χ4n) is 7.98. The largest absolute Gasteiger partial charge is 0.278 e. The molecule has 4 heteroatoms. The summed E-state index contributed by atoms with van der Waals surface area (Å²) in [5, 5.41) is 5.21. The summed E-state index contributed by atoms with van der Waals surface area (Å²) in [7, 11) is -2.07. The number of hydrogen-bond donors (Lipinski definition) is 0. The van der Waals surface area contributed by atoms with E-state index in [0.717, 1.165) is 28.2 Å². The Morgan fingerprint density at radius 3 is 2.16 bits per heavy atom.